The Kier molecular flexibility index (Phi) is 7.01. The van der Waals surface area contributed by atoms with E-state index in [2.05, 4.69) is 15.7 Å². The number of hydrogen-bond acceptors (Lipinski definition) is 5. The van der Waals surface area contributed by atoms with E-state index in [4.69, 9.17) is 4.74 Å². The number of morpholine rings is 1. The third kappa shape index (κ3) is 5.77. The van der Waals surface area contributed by atoms with E-state index in [1.807, 2.05) is 0 Å². The quantitative estimate of drug-likeness (QED) is 0.722. The molecule has 2 heterocycles. The number of nitrogens with zero attached hydrogens (tertiary/aromatic N) is 3. The number of halogens is 1. The van der Waals surface area contributed by atoms with Crippen molar-refractivity contribution in [1.29, 1.82) is 0 Å². The molecule has 1 saturated carbocycles. The summed E-state index contributed by atoms with van der Waals surface area (Å²) in [6.45, 7) is 3.79. The maximum Gasteiger partial charge on any atom is 0.244 e. The van der Waals surface area contributed by atoms with Gasteiger partial charge in [0.05, 0.1) is 31.6 Å². The van der Waals surface area contributed by atoms with E-state index in [9.17, 15) is 9.59 Å². The summed E-state index contributed by atoms with van der Waals surface area (Å²) < 4.78 is 6.78. The lowest BCUT2D eigenvalue weighted by molar-refractivity contribution is -0.136. The van der Waals surface area contributed by atoms with E-state index in [-0.39, 0.29) is 30.8 Å². The van der Waals surface area contributed by atoms with Crippen molar-refractivity contribution in [1.82, 2.24) is 20.0 Å². The van der Waals surface area contributed by atoms with Crippen molar-refractivity contribution in [2.45, 2.75) is 19.4 Å². The van der Waals surface area contributed by atoms with Crippen LogP contribution in [0.5, 0.6) is 0 Å². The molecule has 2 fully saturated rings. The third-order valence-corrected chi connectivity index (χ3v) is 3.99. The van der Waals surface area contributed by atoms with Gasteiger partial charge in [-0.3, -0.25) is 14.3 Å². The summed E-state index contributed by atoms with van der Waals surface area (Å²) in [6, 6.07) is 0. The van der Waals surface area contributed by atoms with Crippen LogP contribution in [0, 0.1) is 5.92 Å². The topological polar surface area (TPSA) is 88.5 Å². The molecule has 1 aromatic heterocycles. The minimum Gasteiger partial charge on any atom is -0.378 e. The van der Waals surface area contributed by atoms with Gasteiger partial charge in [-0.25, -0.2) is 0 Å². The van der Waals surface area contributed by atoms with Gasteiger partial charge in [-0.2, -0.15) is 5.10 Å². The number of nitrogens with one attached hydrogen (secondary N) is 2. The zero-order valence-electron chi connectivity index (χ0n) is 13.6. The summed E-state index contributed by atoms with van der Waals surface area (Å²) in [5, 5.41) is 10.0. The molecule has 2 amide bonds. The van der Waals surface area contributed by atoms with Crippen LogP contribution in [0.2, 0.25) is 0 Å². The second kappa shape index (κ2) is 9.00. The maximum absolute atomic E-state index is 12.1. The smallest absolute Gasteiger partial charge is 0.244 e. The summed E-state index contributed by atoms with van der Waals surface area (Å²) in [7, 11) is 0. The second-order valence-corrected chi connectivity index (χ2v) is 6.04. The molecule has 1 aliphatic heterocycles. The van der Waals surface area contributed by atoms with Crippen LogP contribution in [-0.4, -0.2) is 65.9 Å². The Labute approximate surface area is 147 Å². The molecule has 134 valence electrons. The maximum atomic E-state index is 12.1. The number of rotatable bonds is 7. The van der Waals surface area contributed by atoms with Crippen LogP contribution in [-0.2, 0) is 20.9 Å². The summed E-state index contributed by atoms with van der Waals surface area (Å²) in [6.07, 6.45) is 5.76. The van der Waals surface area contributed by atoms with Gasteiger partial charge in [0.25, 0.3) is 0 Å². The van der Waals surface area contributed by atoms with Gasteiger partial charge in [-0.15, -0.1) is 12.4 Å². The van der Waals surface area contributed by atoms with Crippen LogP contribution < -0.4 is 10.6 Å². The fourth-order valence-corrected chi connectivity index (χ4v) is 2.48. The van der Waals surface area contributed by atoms with Gasteiger partial charge in [-0.05, 0) is 25.3 Å². The van der Waals surface area contributed by atoms with E-state index in [0.29, 0.717) is 38.5 Å². The number of carbonyl (C=O) groups excluding carboxylic acids is 2. The molecule has 1 saturated heterocycles. The van der Waals surface area contributed by atoms with Gasteiger partial charge in [0, 0.05) is 19.3 Å². The Morgan fingerprint density at radius 1 is 1.29 bits per heavy atom. The second-order valence-electron chi connectivity index (χ2n) is 6.04. The highest BCUT2D eigenvalue weighted by atomic mass is 35.5. The highest BCUT2D eigenvalue weighted by Crippen LogP contribution is 2.27. The zero-order chi connectivity index (χ0) is 16.1. The predicted molar refractivity (Wildman–Crippen MR) is 91.1 cm³/mol. The predicted octanol–water partition coefficient (Wildman–Crippen LogP) is 0.102. The fraction of sp³-hybridized carbons (Fsp3) is 0.667. The standard InChI is InChI=1S/C15H23N5O3.ClH/c21-14(9-16-7-12-1-2-12)18-13-8-17-20(10-13)11-15(22)19-3-5-23-6-4-19;/h8,10,12,16H,1-7,9,11H2,(H,18,21);1H. The minimum absolute atomic E-state index is 0. The van der Waals surface area contributed by atoms with Gasteiger partial charge in [0.2, 0.25) is 11.8 Å². The zero-order valence-corrected chi connectivity index (χ0v) is 14.4. The number of carbonyl (C=O) groups is 2. The number of anilines is 1. The Hall–Kier alpha value is -1.64. The number of amides is 2. The molecule has 2 aliphatic rings. The average molecular weight is 358 g/mol. The van der Waals surface area contributed by atoms with Crippen molar-refractivity contribution >= 4 is 29.9 Å². The minimum atomic E-state index is -0.0929. The van der Waals surface area contributed by atoms with E-state index in [1.165, 1.54) is 12.8 Å². The molecule has 0 bridgehead atoms. The molecule has 1 aromatic rings. The highest BCUT2D eigenvalue weighted by Gasteiger charge is 2.20. The molecule has 0 spiro atoms. The van der Waals surface area contributed by atoms with E-state index in [1.54, 1.807) is 22.0 Å². The fourth-order valence-electron chi connectivity index (χ4n) is 2.48. The first-order chi connectivity index (χ1) is 11.2. The number of aromatic nitrogens is 2. The first-order valence-corrected chi connectivity index (χ1v) is 8.09. The molecule has 1 aliphatic carbocycles. The van der Waals surface area contributed by atoms with E-state index in [0.717, 1.165) is 12.5 Å². The normalized spacial score (nSPS) is 17.2. The van der Waals surface area contributed by atoms with Crippen LogP contribution in [0.25, 0.3) is 0 Å². The average Bonchev–Trinajstić information content (AvgIpc) is 3.28. The largest absolute Gasteiger partial charge is 0.378 e. The van der Waals surface area contributed by atoms with Crippen LogP contribution in [0.3, 0.4) is 0 Å². The molecule has 2 N–H and O–H groups in total. The summed E-state index contributed by atoms with van der Waals surface area (Å²) in [5.74, 6) is 0.668. The van der Waals surface area contributed by atoms with Crippen molar-refractivity contribution < 1.29 is 14.3 Å². The van der Waals surface area contributed by atoms with Gasteiger partial charge in [0.1, 0.15) is 6.54 Å². The molecule has 9 heteroatoms. The summed E-state index contributed by atoms with van der Waals surface area (Å²) in [4.78, 5) is 25.7. The lowest BCUT2D eigenvalue weighted by Gasteiger charge is -2.26. The molecule has 0 unspecified atom stereocenters. The number of ether oxygens (including phenoxy) is 1. The van der Waals surface area contributed by atoms with E-state index >= 15 is 0 Å². The molecule has 8 nitrogen and oxygen atoms in total. The van der Waals surface area contributed by atoms with Crippen LogP contribution >= 0.6 is 12.4 Å². The first-order valence-electron chi connectivity index (χ1n) is 8.09. The van der Waals surface area contributed by atoms with Gasteiger partial charge >= 0.3 is 0 Å². The Bertz CT molecular complexity index is 555. The summed E-state index contributed by atoms with van der Waals surface area (Å²) in [5.41, 5.74) is 0.609. The van der Waals surface area contributed by atoms with Crippen LogP contribution in [0.15, 0.2) is 12.4 Å². The third-order valence-electron chi connectivity index (χ3n) is 3.99. The van der Waals surface area contributed by atoms with Crippen molar-refractivity contribution in [2.24, 2.45) is 5.92 Å². The van der Waals surface area contributed by atoms with Crippen LogP contribution in [0.1, 0.15) is 12.8 Å². The van der Waals surface area contributed by atoms with Gasteiger partial charge in [-0.1, -0.05) is 0 Å². The van der Waals surface area contributed by atoms with Gasteiger partial charge < -0.3 is 20.3 Å². The first kappa shape index (κ1) is 18.7. The van der Waals surface area contributed by atoms with Crippen molar-refractivity contribution in [2.75, 3.05) is 44.7 Å². The monoisotopic (exact) mass is 357 g/mol. The van der Waals surface area contributed by atoms with Crippen molar-refractivity contribution in [3.63, 3.8) is 0 Å². The van der Waals surface area contributed by atoms with Crippen molar-refractivity contribution in [3.05, 3.63) is 12.4 Å². The SMILES string of the molecule is Cl.O=C(CNCC1CC1)Nc1cnn(CC(=O)N2CCOCC2)c1. The molecule has 0 atom stereocenters. The molecule has 0 aromatic carbocycles. The van der Waals surface area contributed by atoms with Gasteiger partial charge in [0.15, 0.2) is 0 Å². The number of hydrogen-bond donors (Lipinski definition) is 2. The Morgan fingerprint density at radius 3 is 2.75 bits per heavy atom. The Balaban J connectivity index is 0.00000208. The van der Waals surface area contributed by atoms with Crippen LogP contribution in [0.4, 0.5) is 5.69 Å². The molecule has 3 rings (SSSR count). The molecule has 24 heavy (non-hydrogen) atoms. The lowest BCUT2D eigenvalue weighted by atomic mass is 10.4. The van der Waals surface area contributed by atoms with Crippen molar-refractivity contribution in [3.8, 4) is 0 Å². The highest BCUT2D eigenvalue weighted by molar-refractivity contribution is 5.92. The molecular weight excluding hydrogens is 334 g/mol. The molecule has 0 radical (unpaired) electrons. The lowest BCUT2D eigenvalue weighted by Crippen LogP contribution is -2.42. The Morgan fingerprint density at radius 2 is 2.04 bits per heavy atom. The molecular formula is C15H24ClN5O3. The van der Waals surface area contributed by atoms with E-state index < -0.39 is 0 Å². The summed E-state index contributed by atoms with van der Waals surface area (Å²) >= 11 is 0.